The number of fused-ring (bicyclic) bond motifs is 5. The van der Waals surface area contributed by atoms with Crippen molar-refractivity contribution >= 4 is 40.7 Å². The molecule has 6 atom stereocenters. The summed E-state index contributed by atoms with van der Waals surface area (Å²) in [6, 6.07) is 4.19. The molecule has 2 amide bonds. The Balaban J connectivity index is 1.82. The van der Waals surface area contributed by atoms with Crippen LogP contribution < -0.4 is 4.90 Å². The number of benzene rings is 1. The third-order valence-corrected chi connectivity index (χ3v) is 7.52. The summed E-state index contributed by atoms with van der Waals surface area (Å²) in [5.74, 6) is -3.28. The Morgan fingerprint density at radius 1 is 1.11 bits per heavy atom. The molecule has 1 aromatic rings. The smallest absolute Gasteiger partial charge is 0.364 e. The third kappa shape index (κ3) is 2.18. The number of imide groups is 1. The van der Waals surface area contributed by atoms with E-state index in [9.17, 15) is 22.8 Å². The predicted octanol–water partition coefficient (Wildman–Crippen LogP) is 3.46. The van der Waals surface area contributed by atoms with Crippen LogP contribution >= 0.6 is 23.2 Å². The zero-order valence-corrected chi connectivity index (χ0v) is 16.1. The minimum Gasteiger partial charge on any atom is -0.364 e. The van der Waals surface area contributed by atoms with Gasteiger partial charge in [0.25, 0.3) is 0 Å². The number of halogens is 5. The van der Waals surface area contributed by atoms with Gasteiger partial charge in [0.2, 0.25) is 11.8 Å². The van der Waals surface area contributed by atoms with Gasteiger partial charge in [0.05, 0.1) is 56.7 Å². The Bertz CT molecular complexity index is 924. The Morgan fingerprint density at radius 3 is 2.04 bits per heavy atom. The second kappa shape index (κ2) is 5.62. The topological polar surface area (TPSA) is 70.4 Å². The number of hydrogen-bond acceptors (Lipinski definition) is 4. The molecule has 28 heavy (non-hydrogen) atoms. The van der Waals surface area contributed by atoms with E-state index in [1.807, 2.05) is 0 Å². The van der Waals surface area contributed by atoms with Crippen molar-refractivity contribution in [2.24, 2.45) is 11.8 Å². The zero-order valence-electron chi connectivity index (χ0n) is 14.6. The lowest BCUT2D eigenvalue weighted by molar-refractivity contribution is -0.138. The van der Waals surface area contributed by atoms with Gasteiger partial charge in [0.15, 0.2) is 0 Å². The predicted molar refractivity (Wildman–Crippen MR) is 92.8 cm³/mol. The molecule has 3 aliphatic rings. The number of rotatable bonds is 1. The van der Waals surface area contributed by atoms with Gasteiger partial charge in [-0.1, -0.05) is 0 Å². The van der Waals surface area contributed by atoms with E-state index in [1.165, 1.54) is 6.07 Å². The number of amides is 2. The van der Waals surface area contributed by atoms with Gasteiger partial charge in [-0.05, 0) is 32.0 Å². The molecule has 0 spiro atoms. The van der Waals surface area contributed by atoms with Gasteiger partial charge in [0, 0.05) is 0 Å². The summed E-state index contributed by atoms with van der Waals surface area (Å²) in [4.78, 5) is 26.9. The molecule has 0 radical (unpaired) electrons. The van der Waals surface area contributed by atoms with Crippen LogP contribution in [0.15, 0.2) is 18.2 Å². The van der Waals surface area contributed by atoms with Crippen LogP contribution in [0.1, 0.15) is 25.0 Å². The second-order valence-electron chi connectivity index (χ2n) is 7.58. The van der Waals surface area contributed by atoms with Crippen LogP contribution in [0.3, 0.4) is 0 Å². The van der Waals surface area contributed by atoms with Gasteiger partial charge in [0.1, 0.15) is 0 Å². The van der Waals surface area contributed by atoms with Gasteiger partial charge in [-0.3, -0.25) is 9.59 Å². The summed E-state index contributed by atoms with van der Waals surface area (Å²) in [6.07, 6.45) is -4.81. The highest BCUT2D eigenvalue weighted by molar-refractivity contribution is 6.33. The lowest BCUT2D eigenvalue weighted by Crippen LogP contribution is -2.53. The summed E-state index contributed by atoms with van der Waals surface area (Å²) < 4.78 is 45.8. The van der Waals surface area contributed by atoms with E-state index in [0.29, 0.717) is 6.07 Å². The van der Waals surface area contributed by atoms with Crippen LogP contribution in [0, 0.1) is 23.2 Å². The molecule has 1 aromatic carbocycles. The highest BCUT2D eigenvalue weighted by Gasteiger charge is 2.78. The fourth-order valence-electron chi connectivity index (χ4n) is 4.72. The number of nitriles is 1. The molecular formula is C18H13Cl2F3N2O3. The maximum absolute atomic E-state index is 13.3. The molecule has 5 nitrogen and oxygen atoms in total. The first-order chi connectivity index (χ1) is 12.9. The molecule has 0 N–H and O–H groups in total. The van der Waals surface area contributed by atoms with Crippen LogP contribution in [0.25, 0.3) is 0 Å². The van der Waals surface area contributed by atoms with Gasteiger partial charge in [-0.2, -0.15) is 18.4 Å². The fraction of sp³-hybridized carbons (Fsp3) is 0.500. The SMILES string of the molecule is C[C@@]12O[C@@](C)(C(Cl)[C@@H]1Cl)[C@@H]1C(=O)N(c3ccc(C#N)c(C(F)(F)F)c3)C(=O)[C@@H]12. The van der Waals surface area contributed by atoms with Crippen molar-refractivity contribution in [3.8, 4) is 6.07 Å². The van der Waals surface area contributed by atoms with Crippen LogP contribution in [0.5, 0.6) is 0 Å². The van der Waals surface area contributed by atoms with Gasteiger partial charge in [-0.25, -0.2) is 4.90 Å². The molecule has 3 heterocycles. The molecular weight excluding hydrogens is 420 g/mol. The van der Waals surface area contributed by atoms with Gasteiger partial charge < -0.3 is 4.74 Å². The minimum absolute atomic E-state index is 0.250. The molecule has 3 fully saturated rings. The second-order valence-corrected chi connectivity index (χ2v) is 8.52. The van der Waals surface area contributed by atoms with Crippen LogP contribution in [-0.2, 0) is 20.5 Å². The third-order valence-electron chi connectivity index (χ3n) is 6.02. The average molecular weight is 433 g/mol. The summed E-state index contributed by atoms with van der Waals surface area (Å²) >= 11 is 12.7. The lowest BCUT2D eigenvalue weighted by atomic mass is 9.68. The van der Waals surface area contributed by atoms with Crippen molar-refractivity contribution in [3.05, 3.63) is 29.3 Å². The average Bonchev–Trinajstić information content (AvgIpc) is 3.10. The number of hydrogen-bond donors (Lipinski definition) is 0. The highest BCUT2D eigenvalue weighted by Crippen LogP contribution is 2.63. The first kappa shape index (κ1) is 19.5. The quantitative estimate of drug-likeness (QED) is 0.503. The number of carbonyl (C=O) groups is 2. The molecule has 0 aliphatic carbocycles. The van der Waals surface area contributed by atoms with Crippen molar-refractivity contribution in [2.45, 2.75) is 42.0 Å². The van der Waals surface area contributed by atoms with Crippen molar-refractivity contribution in [1.29, 1.82) is 5.26 Å². The van der Waals surface area contributed by atoms with Crippen molar-refractivity contribution in [3.63, 3.8) is 0 Å². The maximum Gasteiger partial charge on any atom is 0.417 e. The summed E-state index contributed by atoms with van der Waals surface area (Å²) in [7, 11) is 0. The number of carbonyl (C=O) groups excluding carboxylic acids is 2. The first-order valence-electron chi connectivity index (χ1n) is 8.35. The largest absolute Gasteiger partial charge is 0.417 e. The number of anilines is 1. The molecule has 0 aromatic heterocycles. The monoisotopic (exact) mass is 432 g/mol. The van der Waals surface area contributed by atoms with Crippen LogP contribution in [0.4, 0.5) is 18.9 Å². The van der Waals surface area contributed by atoms with Gasteiger partial charge in [-0.15, -0.1) is 23.2 Å². The van der Waals surface area contributed by atoms with E-state index in [4.69, 9.17) is 33.2 Å². The van der Waals surface area contributed by atoms with E-state index in [2.05, 4.69) is 0 Å². The highest BCUT2D eigenvalue weighted by atomic mass is 35.5. The first-order valence-corrected chi connectivity index (χ1v) is 9.22. The Labute approximate surface area is 167 Å². The summed E-state index contributed by atoms with van der Waals surface area (Å²) in [5.41, 5.74) is -4.49. The Morgan fingerprint density at radius 2 is 1.61 bits per heavy atom. The van der Waals surface area contributed by atoms with Crippen LogP contribution in [0.2, 0.25) is 0 Å². The number of alkyl halides is 5. The van der Waals surface area contributed by atoms with E-state index >= 15 is 0 Å². The van der Waals surface area contributed by atoms with E-state index < -0.39 is 62.9 Å². The summed E-state index contributed by atoms with van der Waals surface area (Å²) in [5, 5.41) is 7.44. The van der Waals surface area contributed by atoms with E-state index in [1.54, 1.807) is 13.8 Å². The molecule has 3 saturated heterocycles. The van der Waals surface area contributed by atoms with Crippen molar-refractivity contribution < 1.29 is 27.5 Å². The zero-order chi connectivity index (χ0) is 20.8. The van der Waals surface area contributed by atoms with Crippen molar-refractivity contribution in [2.75, 3.05) is 4.90 Å². The number of nitrogens with zero attached hydrogens (tertiary/aromatic N) is 2. The van der Waals surface area contributed by atoms with E-state index in [-0.39, 0.29) is 5.69 Å². The van der Waals surface area contributed by atoms with Crippen LogP contribution in [-0.4, -0.2) is 33.8 Å². The van der Waals surface area contributed by atoms with E-state index in [0.717, 1.165) is 17.0 Å². The number of ether oxygens (including phenoxy) is 1. The molecule has 1 unspecified atom stereocenters. The summed E-state index contributed by atoms with van der Waals surface area (Å²) in [6.45, 7) is 3.18. The normalized spacial score (nSPS) is 39.4. The minimum atomic E-state index is -4.81. The molecule has 10 heteroatoms. The Hall–Kier alpha value is -1.82. The fourth-order valence-corrected chi connectivity index (χ4v) is 5.58. The molecule has 0 saturated carbocycles. The Kier molecular flexibility index (Phi) is 3.91. The molecule has 2 bridgehead atoms. The lowest BCUT2D eigenvalue weighted by Gasteiger charge is -2.35. The van der Waals surface area contributed by atoms with Gasteiger partial charge >= 0.3 is 6.18 Å². The standard InChI is InChI=1S/C18H13Cl2F3N2O3/c1-16-10-11(17(2,28-16)13(20)12(16)19)15(27)25(14(10)26)8-4-3-7(6-24)9(5-8)18(21,22)23/h3-5,10-13H,1-2H3/t10-,11+,12+,13?,16+,17-/m1/s1. The van der Waals surface area contributed by atoms with Crippen molar-refractivity contribution in [1.82, 2.24) is 0 Å². The molecule has 4 rings (SSSR count). The maximum atomic E-state index is 13.3. The molecule has 3 aliphatic heterocycles. The molecule has 148 valence electrons.